The van der Waals surface area contributed by atoms with Crippen LogP contribution in [0, 0.1) is 6.92 Å². The predicted octanol–water partition coefficient (Wildman–Crippen LogP) is 2.50. The van der Waals surface area contributed by atoms with E-state index in [1.165, 1.54) is 5.56 Å². The van der Waals surface area contributed by atoms with Gasteiger partial charge in [-0.2, -0.15) is 4.31 Å². The van der Waals surface area contributed by atoms with Gasteiger partial charge in [-0.25, -0.2) is 8.42 Å². The second-order valence-corrected chi connectivity index (χ2v) is 7.84. The number of nitrogens with zero attached hydrogens (tertiary/aromatic N) is 2. The molecule has 5 heteroatoms. The van der Waals surface area contributed by atoms with Crippen LogP contribution in [-0.2, 0) is 16.6 Å². The van der Waals surface area contributed by atoms with Crippen molar-refractivity contribution in [1.82, 2.24) is 9.21 Å². The number of benzene rings is 2. The van der Waals surface area contributed by atoms with Gasteiger partial charge >= 0.3 is 0 Å². The van der Waals surface area contributed by atoms with E-state index in [0.29, 0.717) is 18.0 Å². The molecule has 122 valence electrons. The molecule has 0 amide bonds. The lowest BCUT2D eigenvalue weighted by Crippen LogP contribution is -2.48. The van der Waals surface area contributed by atoms with Crippen LogP contribution >= 0.6 is 0 Å². The van der Waals surface area contributed by atoms with Crippen LogP contribution < -0.4 is 0 Å². The van der Waals surface area contributed by atoms with Crippen LogP contribution in [0.15, 0.2) is 59.5 Å². The standard InChI is InChI=1S/C18H22N2O2S/c1-16-7-5-6-10-18(16)23(21,22)20-13-11-19(12-14-20)15-17-8-3-2-4-9-17/h2-10H,11-15H2,1H3. The van der Waals surface area contributed by atoms with E-state index < -0.39 is 10.0 Å². The summed E-state index contributed by atoms with van der Waals surface area (Å²) in [6.45, 7) is 5.34. The molecule has 0 bridgehead atoms. The minimum Gasteiger partial charge on any atom is -0.296 e. The van der Waals surface area contributed by atoms with Gasteiger partial charge in [-0.3, -0.25) is 4.90 Å². The number of hydrogen-bond donors (Lipinski definition) is 0. The number of rotatable bonds is 4. The van der Waals surface area contributed by atoms with Gasteiger partial charge in [0.05, 0.1) is 4.90 Å². The van der Waals surface area contributed by atoms with Gasteiger partial charge in [0.2, 0.25) is 10.0 Å². The summed E-state index contributed by atoms with van der Waals surface area (Å²) in [5.41, 5.74) is 2.07. The fourth-order valence-corrected chi connectivity index (χ4v) is 4.60. The SMILES string of the molecule is Cc1ccccc1S(=O)(=O)N1CCN(Cc2ccccc2)CC1. The Morgan fingerprint density at radius 2 is 1.48 bits per heavy atom. The fourth-order valence-electron chi connectivity index (χ4n) is 2.95. The molecule has 0 saturated carbocycles. The van der Waals surface area contributed by atoms with Crippen LogP contribution in [0.1, 0.15) is 11.1 Å². The van der Waals surface area contributed by atoms with E-state index in [2.05, 4.69) is 17.0 Å². The average Bonchev–Trinajstić information content (AvgIpc) is 2.56. The van der Waals surface area contributed by atoms with E-state index in [0.717, 1.165) is 25.2 Å². The third-order valence-corrected chi connectivity index (χ3v) is 6.35. The first-order valence-electron chi connectivity index (χ1n) is 7.89. The molecule has 1 heterocycles. The van der Waals surface area contributed by atoms with Crippen molar-refractivity contribution in [3.63, 3.8) is 0 Å². The molecule has 2 aromatic rings. The van der Waals surface area contributed by atoms with Crippen molar-refractivity contribution in [3.8, 4) is 0 Å². The first-order chi connectivity index (χ1) is 11.1. The van der Waals surface area contributed by atoms with Crippen LogP contribution in [0.2, 0.25) is 0 Å². The highest BCUT2D eigenvalue weighted by molar-refractivity contribution is 7.89. The zero-order valence-corrected chi connectivity index (χ0v) is 14.2. The Balaban J connectivity index is 1.66. The Hall–Kier alpha value is -1.69. The van der Waals surface area contributed by atoms with Crippen LogP contribution in [0.4, 0.5) is 0 Å². The number of sulfonamides is 1. The second-order valence-electron chi connectivity index (χ2n) is 5.93. The average molecular weight is 330 g/mol. The van der Waals surface area contributed by atoms with Crippen molar-refractivity contribution >= 4 is 10.0 Å². The maximum absolute atomic E-state index is 12.8. The Morgan fingerprint density at radius 3 is 2.13 bits per heavy atom. The molecule has 0 unspecified atom stereocenters. The maximum atomic E-state index is 12.8. The molecule has 0 atom stereocenters. The monoisotopic (exact) mass is 330 g/mol. The van der Waals surface area contributed by atoms with Gasteiger partial charge in [0.15, 0.2) is 0 Å². The van der Waals surface area contributed by atoms with E-state index in [4.69, 9.17) is 0 Å². The van der Waals surface area contributed by atoms with Crippen molar-refractivity contribution in [2.75, 3.05) is 26.2 Å². The van der Waals surface area contributed by atoms with Crippen molar-refractivity contribution in [2.45, 2.75) is 18.4 Å². The lowest BCUT2D eigenvalue weighted by atomic mass is 10.2. The Bertz CT molecular complexity index is 752. The molecule has 1 aliphatic heterocycles. The van der Waals surface area contributed by atoms with E-state index in [1.54, 1.807) is 16.4 Å². The molecular formula is C18H22N2O2S. The van der Waals surface area contributed by atoms with Gasteiger partial charge in [0.1, 0.15) is 0 Å². The molecule has 0 spiro atoms. The minimum absolute atomic E-state index is 0.427. The third kappa shape index (κ3) is 3.63. The van der Waals surface area contributed by atoms with E-state index in [1.807, 2.05) is 37.3 Å². The molecule has 0 aromatic heterocycles. The Labute approximate surface area is 138 Å². The topological polar surface area (TPSA) is 40.6 Å². The lowest BCUT2D eigenvalue weighted by Gasteiger charge is -2.34. The summed E-state index contributed by atoms with van der Waals surface area (Å²) in [5.74, 6) is 0. The summed E-state index contributed by atoms with van der Waals surface area (Å²) in [6.07, 6.45) is 0. The lowest BCUT2D eigenvalue weighted by molar-refractivity contribution is 0.181. The molecule has 2 aromatic carbocycles. The smallest absolute Gasteiger partial charge is 0.243 e. The number of aryl methyl sites for hydroxylation is 1. The Morgan fingerprint density at radius 1 is 0.870 bits per heavy atom. The molecule has 3 rings (SSSR count). The summed E-state index contributed by atoms with van der Waals surface area (Å²) in [4.78, 5) is 2.73. The largest absolute Gasteiger partial charge is 0.296 e. The third-order valence-electron chi connectivity index (χ3n) is 4.29. The van der Waals surface area contributed by atoms with Gasteiger partial charge in [0.25, 0.3) is 0 Å². The highest BCUT2D eigenvalue weighted by atomic mass is 32.2. The van der Waals surface area contributed by atoms with Gasteiger partial charge in [0, 0.05) is 32.7 Å². The van der Waals surface area contributed by atoms with Gasteiger partial charge in [-0.1, -0.05) is 48.5 Å². The molecule has 0 aliphatic carbocycles. The first-order valence-corrected chi connectivity index (χ1v) is 9.33. The molecule has 1 aliphatic rings. The van der Waals surface area contributed by atoms with Crippen molar-refractivity contribution in [1.29, 1.82) is 0 Å². The summed E-state index contributed by atoms with van der Waals surface area (Å²) in [7, 11) is -3.38. The van der Waals surface area contributed by atoms with Crippen LogP contribution in [-0.4, -0.2) is 43.8 Å². The van der Waals surface area contributed by atoms with Gasteiger partial charge in [-0.05, 0) is 24.1 Å². The summed E-state index contributed by atoms with van der Waals surface area (Å²) in [6, 6.07) is 17.5. The summed E-state index contributed by atoms with van der Waals surface area (Å²) in [5, 5.41) is 0. The van der Waals surface area contributed by atoms with Gasteiger partial charge < -0.3 is 0 Å². The maximum Gasteiger partial charge on any atom is 0.243 e. The van der Waals surface area contributed by atoms with Crippen molar-refractivity contribution in [2.24, 2.45) is 0 Å². The van der Waals surface area contributed by atoms with E-state index in [-0.39, 0.29) is 0 Å². The zero-order chi connectivity index (χ0) is 16.3. The van der Waals surface area contributed by atoms with E-state index >= 15 is 0 Å². The van der Waals surface area contributed by atoms with Crippen LogP contribution in [0.5, 0.6) is 0 Å². The fraction of sp³-hybridized carbons (Fsp3) is 0.333. The Kier molecular flexibility index (Phi) is 4.80. The molecule has 0 N–H and O–H groups in total. The molecule has 1 fully saturated rings. The molecule has 4 nitrogen and oxygen atoms in total. The highest BCUT2D eigenvalue weighted by Gasteiger charge is 2.29. The zero-order valence-electron chi connectivity index (χ0n) is 13.4. The summed E-state index contributed by atoms with van der Waals surface area (Å²) < 4.78 is 27.2. The quantitative estimate of drug-likeness (QED) is 0.865. The molecule has 23 heavy (non-hydrogen) atoms. The normalized spacial score (nSPS) is 17.3. The van der Waals surface area contributed by atoms with E-state index in [9.17, 15) is 8.42 Å². The highest BCUT2D eigenvalue weighted by Crippen LogP contribution is 2.21. The number of piperazine rings is 1. The molecule has 1 saturated heterocycles. The van der Waals surface area contributed by atoms with Gasteiger partial charge in [-0.15, -0.1) is 0 Å². The first kappa shape index (κ1) is 16.2. The number of hydrogen-bond acceptors (Lipinski definition) is 3. The summed E-state index contributed by atoms with van der Waals surface area (Å²) >= 11 is 0. The van der Waals surface area contributed by atoms with Crippen molar-refractivity contribution in [3.05, 3.63) is 65.7 Å². The molecular weight excluding hydrogens is 308 g/mol. The minimum atomic E-state index is -3.38. The molecule has 0 radical (unpaired) electrons. The predicted molar refractivity (Wildman–Crippen MR) is 91.7 cm³/mol. The van der Waals surface area contributed by atoms with Crippen molar-refractivity contribution < 1.29 is 8.42 Å². The van der Waals surface area contributed by atoms with Crippen LogP contribution in [0.25, 0.3) is 0 Å². The second kappa shape index (κ2) is 6.83. The van der Waals surface area contributed by atoms with Crippen LogP contribution in [0.3, 0.4) is 0 Å².